The molecule has 0 aliphatic heterocycles. The fraction of sp³-hybridized carbons (Fsp3) is 0.617. The van der Waals surface area contributed by atoms with Gasteiger partial charge >= 0.3 is 12.1 Å². The van der Waals surface area contributed by atoms with E-state index in [0.717, 1.165) is 17.5 Å². The van der Waals surface area contributed by atoms with Crippen molar-refractivity contribution in [2.24, 2.45) is 37.9 Å². The van der Waals surface area contributed by atoms with Crippen LogP contribution in [0.15, 0.2) is 91.0 Å². The molecule has 3 aromatic rings. The highest BCUT2D eigenvalue weighted by Gasteiger charge is 2.45. The van der Waals surface area contributed by atoms with Crippen molar-refractivity contribution in [3.05, 3.63) is 108 Å². The van der Waals surface area contributed by atoms with Crippen LogP contribution in [-0.2, 0) is 36.9 Å². The topological polar surface area (TPSA) is 94.6 Å². The Kier molecular flexibility index (Phi) is 38.8. The predicted octanol–water partition coefficient (Wildman–Crippen LogP) is 18.3. The smallest absolute Gasteiger partial charge is 0.450 e. The first-order chi connectivity index (χ1) is 29.1. The zero-order valence-corrected chi connectivity index (χ0v) is 45.7. The number of esters is 1. The van der Waals surface area contributed by atoms with Crippen molar-refractivity contribution >= 4 is 29.1 Å². The Morgan fingerprint density at radius 2 is 0.696 bits per heavy atom. The highest BCUT2D eigenvalue weighted by molar-refractivity contribution is 5.99. The number of rotatable bonds is 4. The van der Waals surface area contributed by atoms with Crippen molar-refractivity contribution < 1.29 is 41.9 Å². The van der Waals surface area contributed by atoms with Crippen molar-refractivity contribution in [3.8, 4) is 0 Å². The number of benzene rings is 3. The molecule has 0 atom stereocenters. The molecule has 3 rings (SSSR count). The molecular weight excluding hydrogens is 874 g/mol. The summed E-state index contributed by atoms with van der Waals surface area (Å²) in [5.41, 5.74) is 1.85. The van der Waals surface area contributed by atoms with Gasteiger partial charge in [-0.3, -0.25) is 24.0 Å². The number of ether oxygens (including phenoxy) is 1. The van der Waals surface area contributed by atoms with E-state index in [2.05, 4.69) is 78.8 Å². The maximum Gasteiger partial charge on any atom is 0.450 e. The van der Waals surface area contributed by atoms with Gasteiger partial charge in [0, 0.05) is 27.2 Å². The first-order valence-corrected chi connectivity index (χ1v) is 22.6. The highest BCUT2D eigenvalue weighted by Crippen LogP contribution is 2.28. The molecule has 0 unspecified atom stereocenters. The van der Waals surface area contributed by atoms with Crippen molar-refractivity contribution in [2.45, 2.75) is 208 Å². The van der Waals surface area contributed by atoms with Crippen LogP contribution in [0.3, 0.4) is 0 Å². The number of halogens is 3. The average Bonchev–Trinajstić information content (AvgIpc) is 3.12. The average molecular weight is 977 g/mol. The summed E-state index contributed by atoms with van der Waals surface area (Å²) in [5, 5.41) is 0. The Balaban J connectivity index is -0.000000132. The normalized spacial score (nSPS) is 11.2. The summed E-state index contributed by atoms with van der Waals surface area (Å²) in [7, 11) is 0. The summed E-state index contributed by atoms with van der Waals surface area (Å²) in [4.78, 5) is 54.4. The summed E-state index contributed by atoms with van der Waals surface area (Å²) in [5.74, 6) is -1.16. The lowest BCUT2D eigenvalue weighted by atomic mass is 9.87. The Hall–Kier alpha value is -4.40. The minimum atomic E-state index is -4.70. The molecule has 6 nitrogen and oxygen atoms in total. The van der Waals surface area contributed by atoms with E-state index in [9.17, 15) is 37.1 Å². The molecule has 0 bridgehead atoms. The van der Waals surface area contributed by atoms with E-state index in [-0.39, 0.29) is 61.8 Å². The third-order valence-electron chi connectivity index (χ3n) is 8.17. The van der Waals surface area contributed by atoms with E-state index >= 15 is 0 Å². The van der Waals surface area contributed by atoms with Crippen LogP contribution in [-0.4, -0.2) is 35.3 Å². The maximum atomic E-state index is 11.7. The van der Waals surface area contributed by atoms with Gasteiger partial charge in [0.05, 0.1) is 5.41 Å². The van der Waals surface area contributed by atoms with Crippen molar-refractivity contribution in [2.75, 3.05) is 0 Å². The standard InChI is InChI=1S/C12H16O2.C11H14O.C11H16.C6H9F3O.2C6H12O.C5H12.3CH4/c1-12(2,3)11(13)14-9-10-7-5-4-6-8-10;1-11(2,3)10(12)9-7-5-4-6-8-9;1-11(2,3)9-10-7-5-4-6-8-10;1-5(2,3)4(10)6(7,8)9;2*1-5(7)6(2,3)4;1-5(2,3)4;;;/h4-8H,9H2,1-3H3;4-8H,1-3H3;4-8H,9H2,1-3H3;1-3H3;2*1-4H3;1-4H3;3*1H4. The predicted molar refractivity (Wildman–Crippen MR) is 292 cm³/mol. The number of carbonyl (C=O) groups excluding carboxylic acids is 5. The van der Waals surface area contributed by atoms with Gasteiger partial charge in [-0.25, -0.2) is 0 Å². The van der Waals surface area contributed by atoms with E-state index in [1.54, 1.807) is 13.8 Å². The zero-order valence-electron chi connectivity index (χ0n) is 45.7. The fourth-order valence-corrected chi connectivity index (χ4v) is 3.60. The second kappa shape index (κ2) is 34.0. The van der Waals surface area contributed by atoms with Gasteiger partial charge in [0.1, 0.15) is 18.2 Å². The molecule has 400 valence electrons. The van der Waals surface area contributed by atoms with Crippen LogP contribution in [0.2, 0.25) is 0 Å². The molecule has 0 amide bonds. The van der Waals surface area contributed by atoms with Crippen LogP contribution in [0.4, 0.5) is 13.2 Å². The molecule has 0 heterocycles. The van der Waals surface area contributed by atoms with E-state index < -0.39 is 22.8 Å². The van der Waals surface area contributed by atoms with Crippen LogP contribution in [0.5, 0.6) is 0 Å². The largest absolute Gasteiger partial charge is 0.460 e. The van der Waals surface area contributed by atoms with Gasteiger partial charge in [-0.2, -0.15) is 13.2 Å². The van der Waals surface area contributed by atoms with Gasteiger partial charge in [0.25, 0.3) is 0 Å². The lowest BCUT2D eigenvalue weighted by Crippen LogP contribution is -2.34. The molecule has 9 heteroatoms. The molecule has 0 N–H and O–H groups in total. The molecular formula is C60H103F3O6. The van der Waals surface area contributed by atoms with Gasteiger partial charge in [0.2, 0.25) is 5.78 Å². The SMILES string of the molecule is C.C.C.CC(=O)C(C)(C)C.CC(=O)C(C)(C)C.CC(C)(C)C.CC(C)(C)C(=O)C(F)(F)F.CC(C)(C)C(=O)OCc1ccccc1.CC(C)(C)C(=O)c1ccccc1.CC(C)(C)Cc1ccccc1. The molecule has 69 heavy (non-hydrogen) atoms. The Morgan fingerprint density at radius 1 is 0.420 bits per heavy atom. The van der Waals surface area contributed by atoms with Gasteiger partial charge in [-0.15, -0.1) is 0 Å². The number of hydrogen-bond donors (Lipinski definition) is 0. The summed E-state index contributed by atoms with van der Waals surface area (Å²) < 4.78 is 39.9. The third kappa shape index (κ3) is 49.8. The first kappa shape index (κ1) is 78.8. The van der Waals surface area contributed by atoms with Gasteiger partial charge in [0.15, 0.2) is 5.78 Å². The van der Waals surface area contributed by atoms with Crippen LogP contribution < -0.4 is 0 Å². The molecule has 0 saturated carbocycles. The van der Waals surface area contributed by atoms with Gasteiger partial charge in [-0.05, 0) is 63.0 Å². The minimum absolute atomic E-state index is 0. The minimum Gasteiger partial charge on any atom is -0.460 e. The van der Waals surface area contributed by atoms with Crippen molar-refractivity contribution in [1.82, 2.24) is 0 Å². The molecule has 0 spiro atoms. The summed E-state index contributed by atoms with van der Waals surface area (Å²) in [6, 6.07) is 29.7. The lowest BCUT2D eigenvalue weighted by molar-refractivity contribution is -0.179. The highest BCUT2D eigenvalue weighted by atomic mass is 19.4. The van der Waals surface area contributed by atoms with Gasteiger partial charge < -0.3 is 4.74 Å². The van der Waals surface area contributed by atoms with E-state index in [4.69, 9.17) is 4.74 Å². The summed E-state index contributed by atoms with van der Waals surface area (Å²) in [6.07, 6.45) is -3.54. The van der Waals surface area contributed by atoms with E-state index in [1.165, 1.54) is 26.3 Å². The molecule has 0 aliphatic carbocycles. The molecule has 0 fully saturated rings. The number of Topliss-reactive ketones (excluding diaryl/α,β-unsaturated/α-hetero) is 4. The van der Waals surface area contributed by atoms with Crippen LogP contribution in [0.1, 0.15) is 210 Å². The second-order valence-corrected chi connectivity index (χ2v) is 24.2. The zero-order chi connectivity index (χ0) is 53.3. The van der Waals surface area contributed by atoms with Crippen LogP contribution in [0, 0.1) is 37.9 Å². The molecule has 0 aliphatic rings. The quantitative estimate of drug-likeness (QED) is 0.191. The van der Waals surface area contributed by atoms with Crippen LogP contribution >= 0.6 is 0 Å². The second-order valence-electron chi connectivity index (χ2n) is 24.2. The monoisotopic (exact) mass is 977 g/mol. The molecule has 0 radical (unpaired) electrons. The molecule has 0 saturated heterocycles. The van der Waals surface area contributed by atoms with Crippen LogP contribution in [0.25, 0.3) is 0 Å². The number of hydrogen-bond acceptors (Lipinski definition) is 6. The Labute approximate surface area is 422 Å². The fourth-order valence-electron chi connectivity index (χ4n) is 3.60. The van der Waals surface area contributed by atoms with Crippen molar-refractivity contribution in [3.63, 3.8) is 0 Å². The number of ketones is 4. The third-order valence-corrected chi connectivity index (χ3v) is 8.17. The lowest BCUT2D eigenvalue weighted by Gasteiger charge is -2.17. The molecule has 0 aromatic heterocycles. The molecule has 3 aromatic carbocycles. The summed E-state index contributed by atoms with van der Waals surface area (Å²) in [6.45, 7) is 45.7. The van der Waals surface area contributed by atoms with E-state index in [0.29, 0.717) is 17.4 Å². The number of carbonyl (C=O) groups is 5. The van der Waals surface area contributed by atoms with Crippen molar-refractivity contribution in [1.29, 1.82) is 0 Å². The first-order valence-electron chi connectivity index (χ1n) is 22.6. The maximum absolute atomic E-state index is 11.7. The van der Waals surface area contributed by atoms with Gasteiger partial charge in [-0.1, -0.05) is 245 Å². The number of alkyl halides is 3. The Morgan fingerprint density at radius 3 is 0.899 bits per heavy atom. The Bertz CT molecular complexity index is 1770. The van der Waals surface area contributed by atoms with E-state index in [1.807, 2.05) is 144 Å². The summed E-state index contributed by atoms with van der Waals surface area (Å²) >= 11 is 0.